The summed E-state index contributed by atoms with van der Waals surface area (Å²) >= 11 is 0. The largest absolute Gasteiger partial charge is 0.495 e. The molecule has 8 heteroatoms. The molecular weight excluding hydrogens is 358 g/mol. The summed E-state index contributed by atoms with van der Waals surface area (Å²) < 4.78 is 5.45. The zero-order chi connectivity index (χ0) is 20.1. The Bertz CT molecular complexity index is 874. The number of piperazine rings is 1. The smallest absolute Gasteiger partial charge is 0.265 e. The van der Waals surface area contributed by atoms with E-state index in [9.17, 15) is 9.59 Å². The van der Waals surface area contributed by atoms with E-state index in [1.54, 1.807) is 14.2 Å². The molecule has 1 N–H and O–H groups in total. The van der Waals surface area contributed by atoms with Gasteiger partial charge in [-0.25, -0.2) is 4.98 Å². The molecule has 1 aromatic heterocycles. The van der Waals surface area contributed by atoms with Gasteiger partial charge in [-0.1, -0.05) is 19.1 Å². The molecule has 28 heavy (non-hydrogen) atoms. The third-order valence-electron chi connectivity index (χ3n) is 4.93. The summed E-state index contributed by atoms with van der Waals surface area (Å²) in [4.78, 5) is 37.7. The van der Waals surface area contributed by atoms with Crippen LogP contribution in [0.25, 0.3) is 0 Å². The zero-order valence-electron chi connectivity index (χ0n) is 16.6. The van der Waals surface area contributed by atoms with Gasteiger partial charge in [-0.3, -0.25) is 14.6 Å². The number of rotatable bonds is 6. The maximum atomic E-state index is 12.4. The van der Waals surface area contributed by atoms with E-state index >= 15 is 0 Å². The van der Waals surface area contributed by atoms with Crippen LogP contribution >= 0.6 is 0 Å². The lowest BCUT2D eigenvalue weighted by Gasteiger charge is -2.36. The summed E-state index contributed by atoms with van der Waals surface area (Å²) in [5, 5.41) is 0. The second-order valence-electron chi connectivity index (χ2n) is 6.82. The van der Waals surface area contributed by atoms with E-state index in [0.717, 1.165) is 30.9 Å². The summed E-state index contributed by atoms with van der Waals surface area (Å²) in [6, 6.07) is 7.94. The van der Waals surface area contributed by atoms with Gasteiger partial charge < -0.3 is 19.4 Å². The number of aromatic amines is 1. The highest BCUT2D eigenvalue weighted by atomic mass is 16.5. The van der Waals surface area contributed by atoms with E-state index in [2.05, 4.69) is 14.9 Å². The highest BCUT2D eigenvalue weighted by Crippen LogP contribution is 2.28. The fourth-order valence-corrected chi connectivity index (χ4v) is 3.39. The average Bonchev–Trinajstić information content (AvgIpc) is 2.73. The molecular formula is C20H27N5O3. The molecule has 1 saturated heterocycles. The first kappa shape index (κ1) is 19.7. The molecule has 2 heterocycles. The number of anilines is 2. The van der Waals surface area contributed by atoms with Gasteiger partial charge in [0.25, 0.3) is 11.5 Å². The van der Waals surface area contributed by atoms with Crippen LogP contribution in [0.3, 0.4) is 0 Å². The van der Waals surface area contributed by atoms with Crippen LogP contribution in [-0.2, 0) is 0 Å². The number of methoxy groups -OCH3 is 1. The van der Waals surface area contributed by atoms with E-state index in [1.807, 2.05) is 36.1 Å². The maximum Gasteiger partial charge on any atom is 0.265 e. The Morgan fingerprint density at radius 1 is 1.21 bits per heavy atom. The van der Waals surface area contributed by atoms with Crippen LogP contribution in [0.4, 0.5) is 11.6 Å². The van der Waals surface area contributed by atoms with Crippen molar-refractivity contribution in [1.29, 1.82) is 0 Å². The zero-order valence-corrected chi connectivity index (χ0v) is 16.6. The average molecular weight is 385 g/mol. The van der Waals surface area contributed by atoms with E-state index in [4.69, 9.17) is 4.74 Å². The number of amides is 1. The molecule has 1 aromatic carbocycles. The van der Waals surface area contributed by atoms with Crippen LogP contribution in [0, 0.1) is 0 Å². The summed E-state index contributed by atoms with van der Waals surface area (Å²) in [5.41, 5.74) is 0.739. The molecule has 1 amide bonds. The molecule has 0 spiro atoms. The molecule has 0 unspecified atom stereocenters. The Labute approximate surface area is 164 Å². The number of carbonyl (C=O) groups excluding carboxylic acids is 1. The Hall–Kier alpha value is -3.03. The Balaban J connectivity index is 1.69. The Morgan fingerprint density at radius 2 is 1.89 bits per heavy atom. The van der Waals surface area contributed by atoms with Crippen molar-refractivity contribution in [3.8, 4) is 5.75 Å². The molecule has 0 atom stereocenters. The topological polar surface area (TPSA) is 81.8 Å². The second-order valence-corrected chi connectivity index (χ2v) is 6.82. The normalized spacial score (nSPS) is 14.1. The summed E-state index contributed by atoms with van der Waals surface area (Å²) in [6.07, 6.45) is 2.22. The molecule has 8 nitrogen and oxygen atoms in total. The van der Waals surface area contributed by atoms with Crippen molar-refractivity contribution < 1.29 is 9.53 Å². The van der Waals surface area contributed by atoms with E-state index in [0.29, 0.717) is 25.6 Å². The molecule has 0 bridgehead atoms. The van der Waals surface area contributed by atoms with Gasteiger partial charge in [-0.2, -0.15) is 0 Å². The number of ether oxygens (including phenoxy) is 1. The number of hydrogen-bond donors (Lipinski definition) is 1. The SMILES string of the molecule is CCCN(C)C(=O)c1cnc(N2CCN(c3ccccc3OC)CC2)[nH]c1=O. The monoisotopic (exact) mass is 385 g/mol. The standard InChI is InChI=1S/C20H27N5O3/c1-4-9-23(2)19(27)15-14-21-20(22-18(15)26)25-12-10-24(11-13-25)16-7-5-6-8-17(16)28-3/h5-8,14H,4,9-13H2,1-3H3,(H,21,22,26). The van der Waals surface area contributed by atoms with Crippen LogP contribution < -0.4 is 20.1 Å². The molecule has 150 valence electrons. The van der Waals surface area contributed by atoms with Crippen LogP contribution in [0.5, 0.6) is 5.75 Å². The molecule has 0 radical (unpaired) electrons. The molecule has 1 aliphatic heterocycles. The first-order valence-corrected chi connectivity index (χ1v) is 9.52. The van der Waals surface area contributed by atoms with Crippen molar-refractivity contribution in [3.63, 3.8) is 0 Å². The summed E-state index contributed by atoms with van der Waals surface area (Å²) in [7, 11) is 3.36. The quantitative estimate of drug-likeness (QED) is 0.813. The number of hydrogen-bond acceptors (Lipinski definition) is 6. The second kappa shape index (κ2) is 8.77. The number of benzene rings is 1. The van der Waals surface area contributed by atoms with Crippen molar-refractivity contribution >= 4 is 17.5 Å². The van der Waals surface area contributed by atoms with E-state index < -0.39 is 5.56 Å². The van der Waals surface area contributed by atoms with Gasteiger partial charge in [-0.05, 0) is 18.6 Å². The van der Waals surface area contributed by atoms with Gasteiger partial charge in [0.15, 0.2) is 0 Å². The number of carbonyl (C=O) groups is 1. The Morgan fingerprint density at radius 3 is 2.54 bits per heavy atom. The van der Waals surface area contributed by atoms with Gasteiger partial charge in [0.1, 0.15) is 11.3 Å². The van der Waals surface area contributed by atoms with Crippen LogP contribution in [0.2, 0.25) is 0 Å². The van der Waals surface area contributed by atoms with Crippen LogP contribution in [0.15, 0.2) is 35.3 Å². The molecule has 1 aliphatic rings. The minimum absolute atomic E-state index is 0.0763. The van der Waals surface area contributed by atoms with Crippen molar-refractivity contribution in [1.82, 2.24) is 14.9 Å². The van der Waals surface area contributed by atoms with Crippen molar-refractivity contribution in [2.24, 2.45) is 0 Å². The van der Waals surface area contributed by atoms with E-state index in [1.165, 1.54) is 11.1 Å². The van der Waals surface area contributed by atoms with Gasteiger partial charge in [0.05, 0.1) is 12.8 Å². The summed E-state index contributed by atoms with van der Waals surface area (Å²) in [6.45, 7) is 5.58. The van der Waals surface area contributed by atoms with Crippen molar-refractivity contribution in [2.45, 2.75) is 13.3 Å². The molecule has 3 rings (SSSR count). The minimum atomic E-state index is -0.398. The van der Waals surface area contributed by atoms with Gasteiger partial charge in [0, 0.05) is 46.0 Å². The van der Waals surface area contributed by atoms with E-state index in [-0.39, 0.29) is 11.5 Å². The molecule has 0 saturated carbocycles. The first-order valence-electron chi connectivity index (χ1n) is 9.52. The van der Waals surface area contributed by atoms with Gasteiger partial charge >= 0.3 is 0 Å². The Kier molecular flexibility index (Phi) is 6.18. The number of H-pyrrole nitrogens is 1. The van der Waals surface area contributed by atoms with Crippen LogP contribution in [0.1, 0.15) is 23.7 Å². The van der Waals surface area contributed by atoms with Gasteiger partial charge in [0.2, 0.25) is 5.95 Å². The number of aromatic nitrogens is 2. The van der Waals surface area contributed by atoms with Gasteiger partial charge in [-0.15, -0.1) is 0 Å². The predicted molar refractivity (Wildman–Crippen MR) is 110 cm³/mol. The lowest BCUT2D eigenvalue weighted by Crippen LogP contribution is -2.47. The fraction of sp³-hybridized carbons (Fsp3) is 0.450. The predicted octanol–water partition coefficient (Wildman–Crippen LogP) is 1.59. The fourth-order valence-electron chi connectivity index (χ4n) is 3.39. The molecule has 0 aliphatic carbocycles. The summed E-state index contributed by atoms with van der Waals surface area (Å²) in [5.74, 6) is 1.05. The minimum Gasteiger partial charge on any atom is -0.495 e. The van der Waals surface area contributed by atoms with Crippen molar-refractivity contribution in [2.75, 3.05) is 56.7 Å². The lowest BCUT2D eigenvalue weighted by molar-refractivity contribution is 0.0793. The lowest BCUT2D eigenvalue weighted by atomic mass is 10.2. The highest BCUT2D eigenvalue weighted by Gasteiger charge is 2.22. The molecule has 2 aromatic rings. The highest BCUT2D eigenvalue weighted by molar-refractivity contribution is 5.93. The molecule has 1 fully saturated rings. The number of para-hydroxylation sites is 2. The maximum absolute atomic E-state index is 12.4. The number of nitrogens with zero attached hydrogens (tertiary/aromatic N) is 4. The third-order valence-corrected chi connectivity index (χ3v) is 4.93. The number of nitrogens with one attached hydrogen (secondary N) is 1. The van der Waals surface area contributed by atoms with Crippen LogP contribution in [-0.4, -0.2) is 67.7 Å². The first-order chi connectivity index (χ1) is 13.5. The third kappa shape index (κ3) is 4.11. The van der Waals surface area contributed by atoms with Crippen molar-refractivity contribution in [3.05, 3.63) is 46.4 Å².